The van der Waals surface area contributed by atoms with Gasteiger partial charge >= 0.3 is 0 Å². The number of hydrogen-bond donors (Lipinski definition) is 1. The smallest absolute Gasteiger partial charge is 0.150 e. The van der Waals surface area contributed by atoms with Crippen molar-refractivity contribution in [3.8, 4) is 0 Å². The highest BCUT2D eigenvalue weighted by Crippen LogP contribution is 2.19. The Balaban J connectivity index is 1.92. The first-order valence-corrected chi connectivity index (χ1v) is 5.18. The van der Waals surface area contributed by atoms with Crippen LogP contribution in [-0.2, 0) is 13.1 Å². The predicted octanol–water partition coefficient (Wildman–Crippen LogP) is 2.76. The molecule has 0 amide bonds. The van der Waals surface area contributed by atoms with Crippen LogP contribution >= 0.6 is 11.6 Å². The largest absolute Gasteiger partial charge is 0.360 e. The van der Waals surface area contributed by atoms with Crippen molar-refractivity contribution in [3.05, 3.63) is 52.6 Å². The zero-order valence-electron chi connectivity index (χ0n) is 8.41. The Bertz CT molecular complexity index is 459. The fraction of sp³-hybridized carbons (Fsp3) is 0.182. The quantitative estimate of drug-likeness (QED) is 0.893. The van der Waals surface area contributed by atoms with E-state index in [1.165, 1.54) is 6.07 Å². The van der Waals surface area contributed by atoms with Gasteiger partial charge in [-0.3, -0.25) is 0 Å². The summed E-state index contributed by atoms with van der Waals surface area (Å²) in [6.45, 7) is 1.02. The van der Waals surface area contributed by atoms with Gasteiger partial charge in [0.05, 0.1) is 17.8 Å². The lowest BCUT2D eigenvalue weighted by atomic mass is 10.2. The van der Waals surface area contributed by atoms with Gasteiger partial charge in [0.1, 0.15) is 11.6 Å². The molecular weight excluding hydrogens is 231 g/mol. The van der Waals surface area contributed by atoms with Crippen molar-refractivity contribution >= 4 is 11.6 Å². The third-order valence-corrected chi connectivity index (χ3v) is 2.56. The molecule has 0 aliphatic heterocycles. The van der Waals surface area contributed by atoms with Crippen LogP contribution in [0.5, 0.6) is 0 Å². The van der Waals surface area contributed by atoms with E-state index in [1.807, 2.05) is 0 Å². The maximum absolute atomic E-state index is 13.1. The van der Waals surface area contributed by atoms with E-state index in [0.717, 1.165) is 11.3 Å². The Morgan fingerprint density at radius 2 is 2.19 bits per heavy atom. The Kier molecular flexibility index (Phi) is 3.54. The minimum atomic E-state index is -0.402. The Morgan fingerprint density at radius 3 is 2.94 bits per heavy atom. The van der Waals surface area contributed by atoms with Gasteiger partial charge in [0.25, 0.3) is 0 Å². The van der Waals surface area contributed by atoms with Crippen LogP contribution in [-0.4, -0.2) is 5.16 Å². The van der Waals surface area contributed by atoms with Crippen molar-refractivity contribution in [2.75, 3.05) is 0 Å². The molecule has 0 bridgehead atoms. The van der Waals surface area contributed by atoms with Gasteiger partial charge in [0, 0.05) is 12.6 Å². The molecule has 3 nitrogen and oxygen atoms in total. The number of aromatic nitrogens is 1. The summed E-state index contributed by atoms with van der Waals surface area (Å²) in [6, 6.07) is 6.51. The monoisotopic (exact) mass is 240 g/mol. The van der Waals surface area contributed by atoms with Crippen LogP contribution in [0.4, 0.5) is 4.39 Å². The molecule has 0 aliphatic rings. The zero-order valence-corrected chi connectivity index (χ0v) is 9.17. The molecule has 0 aliphatic carbocycles. The first-order chi connectivity index (χ1) is 7.77. The molecule has 1 aromatic carbocycles. The lowest BCUT2D eigenvalue weighted by molar-refractivity contribution is 0.372. The van der Waals surface area contributed by atoms with Gasteiger partial charge in [-0.15, -0.1) is 0 Å². The summed E-state index contributed by atoms with van der Waals surface area (Å²) >= 11 is 5.80. The number of nitrogens with zero attached hydrogens (tertiary/aromatic N) is 1. The van der Waals surface area contributed by atoms with Gasteiger partial charge in [-0.2, -0.15) is 0 Å². The molecule has 0 unspecified atom stereocenters. The molecule has 0 fully saturated rings. The van der Waals surface area contributed by atoms with Crippen molar-refractivity contribution in [2.45, 2.75) is 13.1 Å². The molecule has 0 radical (unpaired) electrons. The first kappa shape index (κ1) is 11.1. The SMILES string of the molecule is Fc1cccc(CNCc2ccno2)c1Cl. The van der Waals surface area contributed by atoms with Gasteiger partial charge in [-0.25, -0.2) is 4.39 Å². The van der Waals surface area contributed by atoms with Crippen LogP contribution in [0.3, 0.4) is 0 Å². The molecule has 84 valence electrons. The molecule has 0 atom stereocenters. The second-order valence-corrected chi connectivity index (χ2v) is 3.67. The Labute approximate surface area is 97.2 Å². The van der Waals surface area contributed by atoms with E-state index in [1.54, 1.807) is 24.4 Å². The summed E-state index contributed by atoms with van der Waals surface area (Å²) in [5.41, 5.74) is 0.723. The average molecular weight is 241 g/mol. The van der Waals surface area contributed by atoms with Gasteiger partial charge < -0.3 is 9.84 Å². The van der Waals surface area contributed by atoms with Crippen LogP contribution < -0.4 is 5.32 Å². The van der Waals surface area contributed by atoms with E-state index in [2.05, 4.69) is 10.5 Å². The maximum atomic E-state index is 13.1. The lowest BCUT2D eigenvalue weighted by Gasteiger charge is -2.05. The molecule has 0 spiro atoms. The normalized spacial score (nSPS) is 10.6. The molecule has 0 saturated carbocycles. The number of benzene rings is 1. The zero-order chi connectivity index (χ0) is 11.4. The first-order valence-electron chi connectivity index (χ1n) is 4.80. The molecule has 16 heavy (non-hydrogen) atoms. The van der Waals surface area contributed by atoms with E-state index >= 15 is 0 Å². The number of halogens is 2. The van der Waals surface area contributed by atoms with Crippen LogP contribution in [0.15, 0.2) is 35.0 Å². The highest BCUT2D eigenvalue weighted by molar-refractivity contribution is 6.31. The fourth-order valence-electron chi connectivity index (χ4n) is 1.34. The maximum Gasteiger partial charge on any atom is 0.150 e. The topological polar surface area (TPSA) is 38.1 Å². The molecule has 2 rings (SSSR count). The van der Waals surface area contributed by atoms with Crippen LogP contribution in [0.2, 0.25) is 5.02 Å². The average Bonchev–Trinajstić information content (AvgIpc) is 2.77. The van der Waals surface area contributed by atoms with E-state index in [9.17, 15) is 4.39 Å². The van der Waals surface area contributed by atoms with Crippen LogP contribution in [0.1, 0.15) is 11.3 Å². The van der Waals surface area contributed by atoms with Gasteiger partial charge in [0.15, 0.2) is 0 Å². The van der Waals surface area contributed by atoms with Crippen molar-refractivity contribution in [3.63, 3.8) is 0 Å². The van der Waals surface area contributed by atoms with E-state index in [-0.39, 0.29) is 5.02 Å². The third kappa shape index (κ3) is 2.59. The van der Waals surface area contributed by atoms with Crippen molar-refractivity contribution in [1.29, 1.82) is 0 Å². The highest BCUT2D eigenvalue weighted by Gasteiger charge is 2.05. The van der Waals surface area contributed by atoms with Gasteiger partial charge in [-0.05, 0) is 11.6 Å². The minimum absolute atomic E-state index is 0.160. The summed E-state index contributed by atoms with van der Waals surface area (Å²) < 4.78 is 18.0. The fourth-order valence-corrected chi connectivity index (χ4v) is 1.53. The Morgan fingerprint density at radius 1 is 1.31 bits per heavy atom. The summed E-state index contributed by atoms with van der Waals surface area (Å²) in [4.78, 5) is 0. The molecule has 1 aromatic heterocycles. The highest BCUT2D eigenvalue weighted by atomic mass is 35.5. The van der Waals surface area contributed by atoms with E-state index < -0.39 is 5.82 Å². The molecule has 1 N–H and O–H groups in total. The molecule has 0 saturated heterocycles. The predicted molar refractivity (Wildman–Crippen MR) is 58.5 cm³/mol. The number of rotatable bonds is 4. The molecular formula is C11H10ClFN2O. The Hall–Kier alpha value is -1.39. The second-order valence-electron chi connectivity index (χ2n) is 3.30. The van der Waals surface area contributed by atoms with Crippen molar-refractivity contribution in [2.24, 2.45) is 0 Å². The van der Waals surface area contributed by atoms with E-state index in [4.69, 9.17) is 16.1 Å². The minimum Gasteiger partial charge on any atom is -0.360 e. The van der Waals surface area contributed by atoms with Crippen LogP contribution in [0.25, 0.3) is 0 Å². The molecule has 2 aromatic rings. The number of nitrogens with one attached hydrogen (secondary N) is 1. The second kappa shape index (κ2) is 5.09. The molecule has 5 heteroatoms. The lowest BCUT2D eigenvalue weighted by Crippen LogP contribution is -2.12. The van der Waals surface area contributed by atoms with Gasteiger partial charge in [-0.1, -0.05) is 28.9 Å². The summed E-state index contributed by atoms with van der Waals surface area (Å²) in [5, 5.41) is 6.83. The molecule has 1 heterocycles. The summed E-state index contributed by atoms with van der Waals surface area (Å²) in [6.07, 6.45) is 1.58. The van der Waals surface area contributed by atoms with Crippen LogP contribution in [0, 0.1) is 5.82 Å². The van der Waals surface area contributed by atoms with Crippen molar-refractivity contribution in [1.82, 2.24) is 10.5 Å². The standard InChI is InChI=1S/C11H10ClFN2O/c12-11-8(2-1-3-10(11)13)6-14-7-9-4-5-15-16-9/h1-5,14H,6-7H2. The van der Waals surface area contributed by atoms with Crippen molar-refractivity contribution < 1.29 is 8.91 Å². The summed E-state index contributed by atoms with van der Waals surface area (Å²) in [5.74, 6) is 0.327. The summed E-state index contributed by atoms with van der Waals surface area (Å²) in [7, 11) is 0. The number of hydrogen-bond acceptors (Lipinski definition) is 3. The van der Waals surface area contributed by atoms with Gasteiger partial charge in [0.2, 0.25) is 0 Å². The van der Waals surface area contributed by atoms with E-state index in [0.29, 0.717) is 13.1 Å². The third-order valence-electron chi connectivity index (χ3n) is 2.14.